The molecule has 0 fully saturated rings. The van der Waals surface area contributed by atoms with Crippen LogP contribution in [-0.2, 0) is 0 Å². The Labute approximate surface area is 62.8 Å². The molecular formula is C9H8P. The van der Waals surface area contributed by atoms with Crippen molar-refractivity contribution in [2.45, 2.75) is 13.3 Å². The van der Waals surface area contributed by atoms with Crippen molar-refractivity contribution < 1.29 is 0 Å². The monoisotopic (exact) mass is 147 g/mol. The van der Waals surface area contributed by atoms with Crippen molar-refractivity contribution in [3.63, 3.8) is 0 Å². The topological polar surface area (TPSA) is 0 Å². The summed E-state index contributed by atoms with van der Waals surface area (Å²) in [5.74, 6) is 3.34. The van der Waals surface area contributed by atoms with Crippen LogP contribution in [0.1, 0.15) is 13.3 Å². The fraction of sp³-hybridized carbons (Fsp3) is 0.222. The Hall–Kier alpha value is -0.610. The second-order valence-corrected chi connectivity index (χ2v) is 3.31. The van der Waals surface area contributed by atoms with Crippen LogP contribution >= 0.6 is 8.20 Å². The molecule has 0 atom stereocenters. The molecular weight excluding hydrogens is 139 g/mol. The zero-order chi connectivity index (χ0) is 6.97. The summed E-state index contributed by atoms with van der Waals surface area (Å²) in [6.45, 7) is 2.18. The predicted molar refractivity (Wildman–Crippen MR) is 46.2 cm³/mol. The molecule has 0 aromatic rings. The lowest BCUT2D eigenvalue weighted by molar-refractivity contribution is 1.14. The van der Waals surface area contributed by atoms with E-state index in [0.717, 1.165) is 6.42 Å². The van der Waals surface area contributed by atoms with Crippen molar-refractivity contribution in [3.8, 4) is 0 Å². The first-order valence-electron chi connectivity index (χ1n) is 3.50. The second kappa shape index (κ2) is 2.21. The minimum absolute atomic E-state index is 1.12. The maximum absolute atomic E-state index is 3.34. The van der Waals surface area contributed by atoms with Crippen LogP contribution in [0.25, 0.3) is 0 Å². The Morgan fingerprint density at radius 3 is 3.30 bits per heavy atom. The van der Waals surface area contributed by atoms with Gasteiger partial charge in [-0.2, -0.15) is 0 Å². The van der Waals surface area contributed by atoms with Gasteiger partial charge in [0.15, 0.2) is 0 Å². The van der Waals surface area contributed by atoms with E-state index in [-0.39, 0.29) is 0 Å². The van der Waals surface area contributed by atoms with Crippen molar-refractivity contribution in [1.29, 1.82) is 0 Å². The molecule has 0 nitrogen and oxygen atoms in total. The van der Waals surface area contributed by atoms with E-state index in [1.54, 1.807) is 0 Å². The van der Waals surface area contributed by atoms with Gasteiger partial charge in [-0.3, -0.25) is 0 Å². The molecule has 0 aromatic heterocycles. The highest BCUT2D eigenvalue weighted by atomic mass is 31.1. The van der Waals surface area contributed by atoms with Gasteiger partial charge < -0.3 is 0 Å². The zero-order valence-electron chi connectivity index (χ0n) is 5.89. The van der Waals surface area contributed by atoms with E-state index < -0.39 is 0 Å². The van der Waals surface area contributed by atoms with Gasteiger partial charge in [-0.05, 0) is 23.6 Å². The third kappa shape index (κ3) is 0.726. The second-order valence-electron chi connectivity index (χ2n) is 2.38. The van der Waals surface area contributed by atoms with Gasteiger partial charge in [0.05, 0.1) is 0 Å². The summed E-state index contributed by atoms with van der Waals surface area (Å²) in [5, 5.41) is 1.43. The summed E-state index contributed by atoms with van der Waals surface area (Å²) < 4.78 is 0. The smallest absolute Gasteiger partial charge is 0.0184 e. The third-order valence-electron chi connectivity index (χ3n) is 1.78. The molecule has 0 saturated carbocycles. The molecule has 0 amide bonds. The lowest BCUT2D eigenvalue weighted by Gasteiger charge is -1.98. The highest BCUT2D eigenvalue weighted by Crippen LogP contribution is 2.31. The van der Waals surface area contributed by atoms with Crippen LogP contribution in [-0.4, -0.2) is 5.29 Å². The van der Waals surface area contributed by atoms with E-state index in [9.17, 15) is 0 Å². The van der Waals surface area contributed by atoms with Gasteiger partial charge in [-0.15, -0.1) is 0 Å². The molecule has 1 heteroatoms. The van der Waals surface area contributed by atoms with Crippen molar-refractivity contribution in [1.82, 2.24) is 0 Å². The Kier molecular flexibility index (Phi) is 1.35. The third-order valence-corrected chi connectivity index (χ3v) is 2.80. The van der Waals surface area contributed by atoms with Crippen LogP contribution in [0.5, 0.6) is 0 Å². The predicted octanol–water partition coefficient (Wildman–Crippen LogP) is 2.71. The average Bonchev–Trinajstić information content (AvgIpc) is 2.44. The zero-order valence-corrected chi connectivity index (χ0v) is 6.78. The summed E-state index contributed by atoms with van der Waals surface area (Å²) in [4.78, 5) is 0. The van der Waals surface area contributed by atoms with E-state index in [2.05, 4.69) is 31.0 Å². The average molecular weight is 147 g/mol. The van der Waals surface area contributed by atoms with Gasteiger partial charge in [0.2, 0.25) is 0 Å². The summed E-state index contributed by atoms with van der Waals surface area (Å²) >= 11 is 0. The first-order chi connectivity index (χ1) is 4.92. The summed E-state index contributed by atoms with van der Waals surface area (Å²) in [5.41, 5.74) is 2.81. The van der Waals surface area contributed by atoms with Crippen molar-refractivity contribution in [2.24, 2.45) is 0 Å². The Morgan fingerprint density at radius 1 is 1.60 bits per heavy atom. The molecule has 1 aliphatic heterocycles. The fourth-order valence-electron chi connectivity index (χ4n) is 1.22. The maximum Gasteiger partial charge on any atom is 0.0184 e. The van der Waals surface area contributed by atoms with Gasteiger partial charge in [-0.25, -0.2) is 0 Å². The van der Waals surface area contributed by atoms with Crippen LogP contribution in [0, 0.1) is 5.82 Å². The van der Waals surface area contributed by atoms with Crippen LogP contribution in [0.4, 0.5) is 0 Å². The Morgan fingerprint density at radius 2 is 2.50 bits per heavy atom. The quantitative estimate of drug-likeness (QED) is 0.500. The standard InChI is InChI=1S/C9H8P/c1-2-7-6-10-9-5-3-4-8(7)9/h3-5H,2H2,1H3. The molecule has 1 radical (unpaired) electrons. The largest absolute Gasteiger partial charge is 0.0612 e. The maximum atomic E-state index is 3.34. The molecule has 0 spiro atoms. The van der Waals surface area contributed by atoms with Crippen LogP contribution in [0.2, 0.25) is 0 Å². The van der Waals surface area contributed by atoms with Gasteiger partial charge in [0, 0.05) is 11.1 Å². The minimum atomic E-state index is 1.12. The summed E-state index contributed by atoms with van der Waals surface area (Å²) in [6, 6.07) is 0. The van der Waals surface area contributed by atoms with E-state index in [4.69, 9.17) is 0 Å². The molecule has 10 heavy (non-hydrogen) atoms. The van der Waals surface area contributed by atoms with Gasteiger partial charge >= 0.3 is 0 Å². The minimum Gasteiger partial charge on any atom is -0.0612 e. The normalized spacial score (nSPS) is 21.9. The van der Waals surface area contributed by atoms with Gasteiger partial charge in [0.1, 0.15) is 0 Å². The summed E-state index contributed by atoms with van der Waals surface area (Å²) in [6.07, 6.45) is 7.59. The van der Waals surface area contributed by atoms with Crippen LogP contribution in [0.15, 0.2) is 29.4 Å². The molecule has 49 valence electrons. The van der Waals surface area contributed by atoms with E-state index in [0.29, 0.717) is 0 Å². The molecule has 0 aromatic carbocycles. The van der Waals surface area contributed by atoms with E-state index >= 15 is 0 Å². The van der Waals surface area contributed by atoms with Crippen LogP contribution in [0.3, 0.4) is 0 Å². The first-order valence-corrected chi connectivity index (χ1v) is 4.40. The van der Waals surface area contributed by atoms with Crippen LogP contribution < -0.4 is 0 Å². The number of allylic oxidation sites excluding steroid dienone is 5. The van der Waals surface area contributed by atoms with Gasteiger partial charge in [-0.1, -0.05) is 27.3 Å². The first kappa shape index (κ1) is 6.12. The van der Waals surface area contributed by atoms with E-state index in [1.807, 2.05) is 0 Å². The fourth-order valence-corrected chi connectivity index (χ4v) is 2.25. The molecule has 0 bridgehead atoms. The highest BCUT2D eigenvalue weighted by molar-refractivity contribution is 7.44. The number of hydrogen-bond donors (Lipinski definition) is 0. The highest BCUT2D eigenvalue weighted by Gasteiger charge is 2.14. The molecule has 0 N–H and O–H groups in total. The molecule has 2 rings (SSSR count). The number of rotatable bonds is 1. The van der Waals surface area contributed by atoms with Crippen molar-refractivity contribution in [3.05, 3.63) is 35.2 Å². The number of fused-ring (bicyclic) bond motifs is 1. The molecule has 1 aliphatic carbocycles. The van der Waals surface area contributed by atoms with E-state index in [1.165, 1.54) is 24.6 Å². The molecule has 2 aliphatic rings. The van der Waals surface area contributed by atoms with Crippen molar-refractivity contribution in [2.75, 3.05) is 0 Å². The Bertz CT molecular complexity index is 277. The molecule has 1 heterocycles. The molecule has 0 unspecified atom stereocenters. The lowest BCUT2D eigenvalue weighted by Crippen LogP contribution is -1.90. The SMILES string of the molecule is CCC1=[C]P=C2C=CC=C12. The molecule has 0 saturated heterocycles. The number of hydrogen-bond acceptors (Lipinski definition) is 0. The van der Waals surface area contributed by atoms with Gasteiger partial charge in [0.25, 0.3) is 0 Å². The lowest BCUT2D eigenvalue weighted by atomic mass is 10.1. The Balaban J connectivity index is 2.38. The summed E-state index contributed by atoms with van der Waals surface area (Å²) in [7, 11) is 1.26. The van der Waals surface area contributed by atoms with Crippen molar-refractivity contribution >= 4 is 13.5 Å².